The molecule has 1 aliphatic rings. The molecule has 0 unspecified atom stereocenters. The fourth-order valence-corrected chi connectivity index (χ4v) is 10.2. The number of ether oxygens (including phenoxy) is 1. The highest BCUT2D eigenvalue weighted by molar-refractivity contribution is 6.10. The Hall–Kier alpha value is -7.89. The number of para-hydroxylation sites is 2. The van der Waals surface area contributed by atoms with E-state index in [1.807, 2.05) is 6.20 Å². The molecule has 1 aliphatic heterocycles. The molecule has 3 heterocycles. The molecule has 0 amide bonds. The number of nitrogens with zero attached hydrogens (tertiary/aromatic N) is 4. The summed E-state index contributed by atoms with van der Waals surface area (Å²) in [6, 6.07) is 74.4. The van der Waals surface area contributed by atoms with Crippen LogP contribution in [0.1, 0.15) is 76.3 Å². The third kappa shape index (κ3) is 8.02. The van der Waals surface area contributed by atoms with Crippen LogP contribution in [-0.4, -0.2) is 16.2 Å². The van der Waals surface area contributed by atoms with Crippen LogP contribution in [-0.2, 0) is 16.2 Å². The van der Waals surface area contributed by atoms with E-state index in [2.05, 4.69) is 269 Å². The number of hydrogen-bond acceptors (Lipinski definition) is 4. The molecule has 11 rings (SSSR count). The standard InChI is InChI=1S/C64H58N4O/c1-62(2,3)48-30-33-57-56(39-48)55-32-31-54(42-60(55)68(57)61-40-49(34-35-65-61)63(4,5)46-22-13-9-14-23-46)69-53-27-19-26-51(41-53)66-43-67(59-29-18-17-28-58(59)66)52-37-45(44-20-11-8-12-21-44)36-50(38-52)64(6,7)47-24-15-10-16-25-47/h8-42H,43H2,1-7H3. The lowest BCUT2D eigenvalue weighted by Crippen LogP contribution is -2.25. The molecule has 10 aromatic rings. The maximum absolute atomic E-state index is 6.87. The minimum atomic E-state index is -0.224. The van der Waals surface area contributed by atoms with Crippen molar-refractivity contribution in [3.8, 4) is 28.4 Å². The average Bonchev–Trinajstić information content (AvgIpc) is 3.93. The molecule has 0 saturated carbocycles. The molecule has 0 atom stereocenters. The quantitative estimate of drug-likeness (QED) is 0.137. The second-order valence-electron chi connectivity index (χ2n) is 20.6. The van der Waals surface area contributed by atoms with Crippen LogP contribution in [0.25, 0.3) is 38.8 Å². The number of anilines is 4. The first kappa shape index (κ1) is 43.7. The second-order valence-corrected chi connectivity index (χ2v) is 20.6. The Labute approximate surface area is 406 Å². The lowest BCUT2D eigenvalue weighted by atomic mass is 9.77. The number of pyridine rings is 1. The van der Waals surface area contributed by atoms with E-state index < -0.39 is 0 Å². The van der Waals surface area contributed by atoms with Crippen molar-refractivity contribution in [2.24, 2.45) is 0 Å². The molecule has 69 heavy (non-hydrogen) atoms. The van der Waals surface area contributed by atoms with Gasteiger partial charge in [0.05, 0.1) is 22.4 Å². The predicted molar refractivity (Wildman–Crippen MR) is 288 cm³/mol. The highest BCUT2D eigenvalue weighted by atomic mass is 16.5. The van der Waals surface area contributed by atoms with Gasteiger partial charge in [-0.1, -0.05) is 170 Å². The molecule has 2 aromatic heterocycles. The molecule has 0 bridgehead atoms. The van der Waals surface area contributed by atoms with Crippen molar-refractivity contribution in [1.29, 1.82) is 0 Å². The number of fused-ring (bicyclic) bond motifs is 4. The van der Waals surface area contributed by atoms with Gasteiger partial charge in [-0.05, 0) is 117 Å². The number of hydrogen-bond donors (Lipinski definition) is 0. The first-order valence-corrected chi connectivity index (χ1v) is 24.1. The Bertz CT molecular complexity index is 3490. The van der Waals surface area contributed by atoms with Gasteiger partial charge in [-0.25, -0.2) is 4.98 Å². The van der Waals surface area contributed by atoms with E-state index in [9.17, 15) is 0 Å². The summed E-state index contributed by atoms with van der Waals surface area (Å²) in [4.78, 5) is 9.88. The van der Waals surface area contributed by atoms with Gasteiger partial charge in [-0.3, -0.25) is 4.57 Å². The molecule has 0 N–H and O–H groups in total. The number of benzene rings is 8. The second kappa shape index (κ2) is 17.0. The van der Waals surface area contributed by atoms with Gasteiger partial charge in [0, 0.05) is 51.3 Å². The van der Waals surface area contributed by atoms with Crippen LogP contribution in [0.4, 0.5) is 22.7 Å². The molecule has 340 valence electrons. The Morgan fingerprint density at radius 1 is 0.406 bits per heavy atom. The fourth-order valence-electron chi connectivity index (χ4n) is 10.2. The Morgan fingerprint density at radius 2 is 1.03 bits per heavy atom. The Morgan fingerprint density at radius 3 is 1.71 bits per heavy atom. The smallest absolute Gasteiger partial charge is 0.137 e. The van der Waals surface area contributed by atoms with Crippen LogP contribution in [0.5, 0.6) is 11.5 Å². The van der Waals surface area contributed by atoms with E-state index in [1.54, 1.807) is 0 Å². The van der Waals surface area contributed by atoms with Gasteiger partial charge in [0.15, 0.2) is 0 Å². The van der Waals surface area contributed by atoms with Gasteiger partial charge in [0.1, 0.15) is 24.0 Å². The van der Waals surface area contributed by atoms with Crippen LogP contribution in [0, 0.1) is 0 Å². The van der Waals surface area contributed by atoms with Crippen LogP contribution in [0.15, 0.2) is 212 Å². The van der Waals surface area contributed by atoms with Crippen molar-refractivity contribution in [3.05, 3.63) is 240 Å². The SMILES string of the molecule is CC(C)(C)c1ccc2c(c1)c1ccc(Oc3cccc(N4CN(c5cc(-c6ccccc6)cc(C(C)(C)c6ccccc6)c5)c5ccccc54)c3)cc1n2-c1cc(C(C)(C)c2ccccc2)ccn1. The molecule has 0 spiro atoms. The summed E-state index contributed by atoms with van der Waals surface area (Å²) in [5.74, 6) is 2.40. The van der Waals surface area contributed by atoms with E-state index >= 15 is 0 Å². The highest BCUT2D eigenvalue weighted by Crippen LogP contribution is 2.47. The van der Waals surface area contributed by atoms with Gasteiger partial charge in [0.2, 0.25) is 0 Å². The van der Waals surface area contributed by atoms with E-state index in [-0.39, 0.29) is 16.2 Å². The maximum atomic E-state index is 6.87. The Balaban J connectivity index is 0.960. The minimum Gasteiger partial charge on any atom is -0.457 e. The summed E-state index contributed by atoms with van der Waals surface area (Å²) in [6.45, 7) is 16.7. The fraction of sp³-hybridized carbons (Fsp3) is 0.172. The zero-order chi connectivity index (χ0) is 47.5. The van der Waals surface area contributed by atoms with Crippen LogP contribution < -0.4 is 14.5 Å². The van der Waals surface area contributed by atoms with Crippen molar-refractivity contribution in [1.82, 2.24) is 9.55 Å². The third-order valence-electron chi connectivity index (χ3n) is 14.5. The van der Waals surface area contributed by atoms with E-state index in [4.69, 9.17) is 9.72 Å². The van der Waals surface area contributed by atoms with Crippen molar-refractivity contribution in [3.63, 3.8) is 0 Å². The van der Waals surface area contributed by atoms with E-state index in [0.717, 1.165) is 56.5 Å². The monoisotopic (exact) mass is 898 g/mol. The largest absolute Gasteiger partial charge is 0.457 e. The maximum Gasteiger partial charge on any atom is 0.137 e. The van der Waals surface area contributed by atoms with Crippen molar-refractivity contribution in [2.45, 2.75) is 64.7 Å². The molecular weight excluding hydrogens is 841 g/mol. The van der Waals surface area contributed by atoms with Crippen molar-refractivity contribution >= 4 is 44.6 Å². The van der Waals surface area contributed by atoms with Crippen molar-refractivity contribution in [2.75, 3.05) is 16.5 Å². The van der Waals surface area contributed by atoms with E-state index in [1.165, 1.54) is 44.3 Å². The zero-order valence-corrected chi connectivity index (χ0v) is 40.6. The Kier molecular flexibility index (Phi) is 10.8. The van der Waals surface area contributed by atoms with Crippen LogP contribution in [0.3, 0.4) is 0 Å². The van der Waals surface area contributed by atoms with Crippen LogP contribution in [0.2, 0.25) is 0 Å². The number of aromatic nitrogens is 2. The van der Waals surface area contributed by atoms with Gasteiger partial charge >= 0.3 is 0 Å². The number of rotatable bonds is 10. The molecule has 0 radical (unpaired) electrons. The summed E-state index contributed by atoms with van der Waals surface area (Å²) in [5.41, 5.74) is 14.9. The molecule has 8 aromatic carbocycles. The molecular formula is C64H58N4O. The normalized spacial score (nSPS) is 13.0. The average molecular weight is 899 g/mol. The lowest BCUT2D eigenvalue weighted by Gasteiger charge is -2.29. The third-order valence-corrected chi connectivity index (χ3v) is 14.5. The topological polar surface area (TPSA) is 33.5 Å². The molecule has 5 heteroatoms. The van der Waals surface area contributed by atoms with Crippen molar-refractivity contribution < 1.29 is 4.74 Å². The van der Waals surface area contributed by atoms with Gasteiger partial charge in [0.25, 0.3) is 0 Å². The molecule has 5 nitrogen and oxygen atoms in total. The van der Waals surface area contributed by atoms with E-state index in [0.29, 0.717) is 6.67 Å². The summed E-state index contributed by atoms with van der Waals surface area (Å²) in [7, 11) is 0. The van der Waals surface area contributed by atoms with Crippen LogP contribution >= 0.6 is 0 Å². The summed E-state index contributed by atoms with van der Waals surface area (Å²) in [6.07, 6.45) is 1.95. The first-order valence-electron chi connectivity index (χ1n) is 24.1. The zero-order valence-electron chi connectivity index (χ0n) is 40.6. The lowest BCUT2D eigenvalue weighted by molar-refractivity contribution is 0.483. The van der Waals surface area contributed by atoms with Gasteiger partial charge in [-0.15, -0.1) is 0 Å². The highest BCUT2D eigenvalue weighted by Gasteiger charge is 2.31. The summed E-state index contributed by atoms with van der Waals surface area (Å²) >= 11 is 0. The van der Waals surface area contributed by atoms with Gasteiger partial charge < -0.3 is 14.5 Å². The minimum absolute atomic E-state index is 0.00410. The van der Waals surface area contributed by atoms with Gasteiger partial charge in [-0.2, -0.15) is 0 Å². The molecule has 0 aliphatic carbocycles. The summed E-state index contributed by atoms with van der Waals surface area (Å²) in [5, 5.41) is 2.36. The summed E-state index contributed by atoms with van der Waals surface area (Å²) < 4.78 is 9.18. The first-order chi connectivity index (χ1) is 33.3. The molecule has 0 fully saturated rings. The predicted octanol–water partition coefficient (Wildman–Crippen LogP) is 16.8. The molecule has 0 saturated heterocycles.